The van der Waals surface area contributed by atoms with E-state index >= 15 is 0 Å². The second-order valence-corrected chi connectivity index (χ2v) is 9.05. The fourth-order valence-corrected chi connectivity index (χ4v) is 6.43. The predicted octanol–water partition coefficient (Wildman–Crippen LogP) is 1.76. The quantitative estimate of drug-likeness (QED) is 0.856. The minimum absolute atomic E-state index is 0.0628. The highest BCUT2D eigenvalue weighted by Gasteiger charge is 2.64. The van der Waals surface area contributed by atoms with Crippen molar-refractivity contribution >= 4 is 5.91 Å². The van der Waals surface area contributed by atoms with Gasteiger partial charge < -0.3 is 10.0 Å². The van der Waals surface area contributed by atoms with E-state index in [4.69, 9.17) is 0 Å². The minimum atomic E-state index is -0.436. The van der Waals surface area contributed by atoms with Gasteiger partial charge in [0.15, 0.2) is 0 Å². The van der Waals surface area contributed by atoms with E-state index in [-0.39, 0.29) is 17.5 Å². The topological polar surface area (TPSA) is 67.6 Å². The number of likely N-dealkylation sites (N-methyl/N-ethyl adjacent to an activating group) is 1. The second-order valence-electron chi connectivity index (χ2n) is 9.05. The molecule has 6 unspecified atom stereocenters. The van der Waals surface area contributed by atoms with E-state index in [9.17, 15) is 15.2 Å². The second kappa shape index (κ2) is 5.44. The first-order valence-corrected chi connectivity index (χ1v) is 9.50. The largest absolute Gasteiger partial charge is 0.390 e. The number of nitriles is 1. The highest BCUT2D eigenvalue weighted by Crippen LogP contribution is 2.64. The molecule has 0 aromatic carbocycles. The summed E-state index contributed by atoms with van der Waals surface area (Å²) in [6, 6.07) is 2.03. The van der Waals surface area contributed by atoms with Gasteiger partial charge in [0.1, 0.15) is 6.04 Å². The monoisotopic (exact) mass is 331 g/mol. The molecular weight excluding hydrogens is 302 g/mol. The van der Waals surface area contributed by atoms with Crippen LogP contribution in [0.2, 0.25) is 0 Å². The molecule has 2 bridgehead atoms. The van der Waals surface area contributed by atoms with Crippen LogP contribution >= 0.6 is 0 Å². The van der Waals surface area contributed by atoms with Crippen LogP contribution in [0.5, 0.6) is 0 Å². The molecule has 0 radical (unpaired) electrons. The van der Waals surface area contributed by atoms with Crippen molar-refractivity contribution in [3.05, 3.63) is 0 Å². The molecule has 1 saturated heterocycles. The van der Waals surface area contributed by atoms with Gasteiger partial charge in [-0.05, 0) is 69.7 Å². The van der Waals surface area contributed by atoms with E-state index in [1.807, 2.05) is 0 Å². The lowest BCUT2D eigenvalue weighted by Crippen LogP contribution is -2.53. The van der Waals surface area contributed by atoms with Crippen molar-refractivity contribution in [1.29, 1.82) is 5.26 Å². The summed E-state index contributed by atoms with van der Waals surface area (Å²) in [5, 5.41) is 20.1. The number of hydrogen-bond acceptors (Lipinski definition) is 4. The summed E-state index contributed by atoms with van der Waals surface area (Å²) < 4.78 is 0. The number of fused-ring (bicyclic) bond motifs is 1. The van der Waals surface area contributed by atoms with Crippen molar-refractivity contribution in [2.75, 3.05) is 20.1 Å². The maximum absolute atomic E-state index is 12.7. The highest BCUT2D eigenvalue weighted by molar-refractivity contribution is 5.79. The van der Waals surface area contributed by atoms with Crippen molar-refractivity contribution in [2.24, 2.45) is 17.8 Å². The van der Waals surface area contributed by atoms with Gasteiger partial charge in [0, 0.05) is 12.1 Å². The normalized spacial score (nSPS) is 46.5. The van der Waals surface area contributed by atoms with Gasteiger partial charge in [-0.3, -0.25) is 9.69 Å². The Labute approximate surface area is 144 Å². The lowest BCUT2D eigenvalue weighted by Gasteiger charge is -2.50. The zero-order valence-corrected chi connectivity index (χ0v) is 14.9. The molecule has 4 aliphatic rings. The van der Waals surface area contributed by atoms with Gasteiger partial charge in [-0.2, -0.15) is 5.26 Å². The number of likely N-dealkylation sites (tertiary alicyclic amines) is 1. The van der Waals surface area contributed by atoms with Gasteiger partial charge >= 0.3 is 0 Å². The van der Waals surface area contributed by atoms with Gasteiger partial charge in [-0.15, -0.1) is 0 Å². The smallest absolute Gasteiger partial charge is 0.237 e. The third-order valence-electron chi connectivity index (χ3n) is 7.45. The Morgan fingerprint density at radius 3 is 2.88 bits per heavy atom. The van der Waals surface area contributed by atoms with E-state index in [2.05, 4.69) is 24.9 Å². The molecular formula is C19H29N3O2. The van der Waals surface area contributed by atoms with Crippen LogP contribution in [-0.2, 0) is 4.79 Å². The van der Waals surface area contributed by atoms with Crippen LogP contribution in [0.1, 0.15) is 51.9 Å². The molecule has 24 heavy (non-hydrogen) atoms. The molecule has 6 atom stereocenters. The van der Waals surface area contributed by atoms with E-state index < -0.39 is 5.60 Å². The Balaban J connectivity index is 1.49. The third kappa shape index (κ3) is 2.30. The number of hydrogen-bond donors (Lipinski definition) is 1. The number of rotatable bonds is 3. The maximum Gasteiger partial charge on any atom is 0.237 e. The number of amides is 1. The molecule has 3 aliphatic carbocycles. The van der Waals surface area contributed by atoms with Crippen molar-refractivity contribution in [3.8, 4) is 6.07 Å². The van der Waals surface area contributed by atoms with Crippen LogP contribution in [0.3, 0.4) is 0 Å². The fraction of sp³-hybridized carbons (Fsp3) is 0.895. The Bertz CT molecular complexity index is 588. The molecule has 5 nitrogen and oxygen atoms in total. The molecule has 1 aliphatic heterocycles. The predicted molar refractivity (Wildman–Crippen MR) is 89.9 cm³/mol. The van der Waals surface area contributed by atoms with Gasteiger partial charge in [0.05, 0.1) is 18.2 Å². The van der Waals surface area contributed by atoms with Crippen molar-refractivity contribution < 1.29 is 9.90 Å². The average molecular weight is 331 g/mol. The third-order valence-corrected chi connectivity index (χ3v) is 7.45. The summed E-state index contributed by atoms with van der Waals surface area (Å²) in [5.74, 6) is 1.66. The Morgan fingerprint density at radius 1 is 1.33 bits per heavy atom. The van der Waals surface area contributed by atoms with Gasteiger partial charge in [-0.1, -0.05) is 6.92 Å². The Hall–Kier alpha value is -1.12. The van der Waals surface area contributed by atoms with Crippen molar-refractivity contribution in [2.45, 2.75) is 69.1 Å². The van der Waals surface area contributed by atoms with E-state index in [0.717, 1.165) is 51.5 Å². The summed E-state index contributed by atoms with van der Waals surface area (Å²) in [6.07, 6.45) is 6.85. The molecule has 3 saturated carbocycles. The maximum atomic E-state index is 12.7. The summed E-state index contributed by atoms with van der Waals surface area (Å²) >= 11 is 0. The number of aliphatic hydroxyl groups is 1. The van der Waals surface area contributed by atoms with Gasteiger partial charge in [-0.25, -0.2) is 0 Å². The standard InChI is InChI=1S/C19H29N3O2/c1-13-6-18(8-14-9-19(24,7-13)16(14)10-18)21(2)12-17(23)22-5-3-4-15(22)11-20/h13-16,24H,3-10,12H2,1-2H3. The summed E-state index contributed by atoms with van der Waals surface area (Å²) in [5.41, 5.74) is -0.374. The number of nitrogens with zero attached hydrogens (tertiary/aromatic N) is 3. The zero-order chi connectivity index (χ0) is 17.1. The molecule has 0 spiro atoms. The fourth-order valence-electron chi connectivity index (χ4n) is 6.43. The molecule has 1 amide bonds. The van der Waals surface area contributed by atoms with Crippen LogP contribution in [0.15, 0.2) is 0 Å². The van der Waals surface area contributed by atoms with Crippen LogP contribution in [0.25, 0.3) is 0 Å². The SMILES string of the molecule is CC1CC2(O)CC3CC(N(C)CC(=O)N4CCCC4C#N)(C1)CC32. The number of carbonyl (C=O) groups is 1. The first-order chi connectivity index (χ1) is 11.4. The van der Waals surface area contributed by atoms with Gasteiger partial charge in [0.2, 0.25) is 5.91 Å². The van der Waals surface area contributed by atoms with Crippen LogP contribution < -0.4 is 0 Å². The van der Waals surface area contributed by atoms with E-state index in [1.165, 1.54) is 0 Å². The highest BCUT2D eigenvalue weighted by atomic mass is 16.3. The first-order valence-electron chi connectivity index (χ1n) is 9.50. The molecule has 5 heteroatoms. The Kier molecular flexibility index (Phi) is 3.71. The summed E-state index contributed by atoms with van der Waals surface area (Å²) in [7, 11) is 2.08. The van der Waals surface area contributed by atoms with Gasteiger partial charge in [0.25, 0.3) is 0 Å². The molecule has 1 N–H and O–H groups in total. The van der Waals surface area contributed by atoms with E-state index in [1.54, 1.807) is 4.90 Å². The minimum Gasteiger partial charge on any atom is -0.390 e. The lowest BCUT2D eigenvalue weighted by atomic mass is 9.60. The molecule has 0 aromatic rings. The van der Waals surface area contributed by atoms with Crippen molar-refractivity contribution in [3.63, 3.8) is 0 Å². The molecule has 4 rings (SSSR count). The molecule has 4 fully saturated rings. The first kappa shape index (κ1) is 16.4. The molecule has 132 valence electrons. The number of carbonyl (C=O) groups excluding carboxylic acids is 1. The van der Waals surface area contributed by atoms with Crippen LogP contribution in [0, 0.1) is 29.1 Å². The van der Waals surface area contributed by atoms with Crippen LogP contribution in [0.4, 0.5) is 0 Å². The average Bonchev–Trinajstić information content (AvgIpc) is 3.07. The summed E-state index contributed by atoms with van der Waals surface area (Å²) in [6.45, 7) is 3.37. The van der Waals surface area contributed by atoms with Crippen molar-refractivity contribution in [1.82, 2.24) is 9.80 Å². The zero-order valence-electron chi connectivity index (χ0n) is 14.9. The molecule has 0 aromatic heterocycles. The summed E-state index contributed by atoms with van der Waals surface area (Å²) in [4.78, 5) is 16.8. The molecule has 1 heterocycles. The van der Waals surface area contributed by atoms with Crippen LogP contribution in [-0.4, -0.2) is 58.1 Å². The lowest BCUT2D eigenvalue weighted by molar-refractivity contribution is -0.138. The Morgan fingerprint density at radius 2 is 2.12 bits per heavy atom. The van der Waals surface area contributed by atoms with E-state index in [0.29, 0.717) is 24.3 Å².